The van der Waals surface area contributed by atoms with Crippen molar-refractivity contribution < 1.29 is 18.0 Å². The molecule has 1 atom stereocenters. The molecular weight excluding hydrogens is 440 g/mol. The Bertz CT molecular complexity index is 1060. The van der Waals surface area contributed by atoms with Crippen molar-refractivity contribution in [2.24, 2.45) is 0 Å². The Kier molecular flexibility index (Phi) is 9.01. The Balaban J connectivity index is 2.43. The second kappa shape index (κ2) is 11.3. The van der Waals surface area contributed by atoms with E-state index in [1.807, 2.05) is 45.0 Å². The number of amides is 2. The van der Waals surface area contributed by atoms with Crippen molar-refractivity contribution in [2.45, 2.75) is 46.3 Å². The lowest BCUT2D eigenvalue weighted by molar-refractivity contribution is -0.139. The first kappa shape index (κ1) is 26.3. The summed E-state index contributed by atoms with van der Waals surface area (Å²) in [5.41, 5.74) is 2.25. The van der Waals surface area contributed by atoms with Crippen molar-refractivity contribution in [1.82, 2.24) is 14.5 Å². The number of benzene rings is 2. The first-order valence-corrected chi connectivity index (χ1v) is 12.2. The molecule has 0 spiro atoms. The van der Waals surface area contributed by atoms with E-state index in [4.69, 9.17) is 0 Å². The van der Waals surface area contributed by atoms with E-state index < -0.39 is 28.7 Å². The first-order valence-electron chi connectivity index (χ1n) is 10.8. The molecule has 0 radical (unpaired) electrons. The molecule has 0 aromatic heterocycles. The van der Waals surface area contributed by atoms with Crippen LogP contribution in [0.4, 0.5) is 5.69 Å². The minimum Gasteiger partial charge on any atom is -0.352 e. The smallest absolute Gasteiger partial charge is 0.304 e. The third-order valence-electron chi connectivity index (χ3n) is 5.10. The van der Waals surface area contributed by atoms with Crippen LogP contribution in [0.2, 0.25) is 0 Å². The lowest BCUT2D eigenvalue weighted by atomic mass is 10.1. The van der Waals surface area contributed by atoms with Crippen LogP contribution in [0.15, 0.2) is 54.6 Å². The molecular formula is C24H34N4O4S. The summed E-state index contributed by atoms with van der Waals surface area (Å²) in [6, 6.07) is 15.2. The number of rotatable bonds is 10. The Hall–Kier alpha value is -2.91. The van der Waals surface area contributed by atoms with Crippen molar-refractivity contribution in [3.63, 3.8) is 0 Å². The molecule has 0 aliphatic carbocycles. The van der Waals surface area contributed by atoms with E-state index in [9.17, 15) is 18.0 Å². The van der Waals surface area contributed by atoms with Crippen LogP contribution in [0.25, 0.3) is 0 Å². The van der Waals surface area contributed by atoms with Gasteiger partial charge in [0.05, 0.1) is 5.69 Å². The van der Waals surface area contributed by atoms with Gasteiger partial charge in [-0.05, 0) is 45.4 Å². The minimum atomic E-state index is -3.95. The Labute approximate surface area is 197 Å². The highest BCUT2D eigenvalue weighted by molar-refractivity contribution is 7.90. The van der Waals surface area contributed by atoms with Gasteiger partial charge in [0.1, 0.15) is 12.6 Å². The van der Waals surface area contributed by atoms with Crippen molar-refractivity contribution in [3.05, 3.63) is 65.7 Å². The highest BCUT2D eigenvalue weighted by Gasteiger charge is 2.32. The maximum atomic E-state index is 13.5. The second-order valence-electron chi connectivity index (χ2n) is 8.48. The SMILES string of the molecule is Cc1cccc(CN(C(=O)CN(c2ccccc2)S(=O)(=O)N(C)C)[C@@H](C)C(=O)NC(C)C)c1. The molecule has 0 bridgehead atoms. The Morgan fingerprint density at radius 3 is 2.15 bits per heavy atom. The average molecular weight is 475 g/mol. The van der Waals surface area contributed by atoms with E-state index in [1.165, 1.54) is 19.0 Å². The van der Waals surface area contributed by atoms with Gasteiger partial charge in [0.2, 0.25) is 11.8 Å². The average Bonchev–Trinajstić information content (AvgIpc) is 2.75. The number of nitrogens with one attached hydrogen (secondary N) is 1. The summed E-state index contributed by atoms with van der Waals surface area (Å²) in [4.78, 5) is 27.7. The summed E-state index contributed by atoms with van der Waals surface area (Å²) >= 11 is 0. The van der Waals surface area contributed by atoms with Gasteiger partial charge in [-0.15, -0.1) is 0 Å². The zero-order valence-electron chi connectivity index (χ0n) is 20.1. The summed E-state index contributed by atoms with van der Waals surface area (Å²) in [5, 5.41) is 2.84. The first-order chi connectivity index (χ1) is 15.4. The topological polar surface area (TPSA) is 90.0 Å². The van der Waals surface area contributed by atoms with Crippen molar-refractivity contribution in [3.8, 4) is 0 Å². The number of anilines is 1. The Morgan fingerprint density at radius 1 is 0.970 bits per heavy atom. The lowest BCUT2D eigenvalue weighted by Gasteiger charge is -2.33. The van der Waals surface area contributed by atoms with Crippen LogP contribution in [0, 0.1) is 6.92 Å². The number of carbonyl (C=O) groups excluding carboxylic acids is 2. The van der Waals surface area contributed by atoms with Gasteiger partial charge in [0.15, 0.2) is 0 Å². The van der Waals surface area contributed by atoms with E-state index in [1.54, 1.807) is 37.3 Å². The normalized spacial score (nSPS) is 12.5. The molecule has 0 aliphatic rings. The van der Waals surface area contributed by atoms with Crippen LogP contribution in [-0.2, 0) is 26.3 Å². The zero-order valence-corrected chi connectivity index (χ0v) is 21.0. The van der Waals surface area contributed by atoms with Gasteiger partial charge in [-0.3, -0.25) is 9.59 Å². The molecule has 33 heavy (non-hydrogen) atoms. The van der Waals surface area contributed by atoms with Crippen LogP contribution >= 0.6 is 0 Å². The number of carbonyl (C=O) groups is 2. The van der Waals surface area contributed by atoms with Crippen molar-refractivity contribution in [1.29, 1.82) is 0 Å². The molecule has 0 heterocycles. The summed E-state index contributed by atoms with van der Waals surface area (Å²) in [7, 11) is -1.12. The van der Waals surface area contributed by atoms with Crippen LogP contribution in [0.5, 0.6) is 0 Å². The molecule has 0 saturated heterocycles. The molecule has 0 saturated carbocycles. The van der Waals surface area contributed by atoms with E-state index in [2.05, 4.69) is 5.32 Å². The van der Waals surface area contributed by atoms with E-state index in [0.717, 1.165) is 19.7 Å². The summed E-state index contributed by atoms with van der Waals surface area (Å²) < 4.78 is 28.2. The molecule has 2 amide bonds. The predicted octanol–water partition coefficient (Wildman–Crippen LogP) is 2.55. The molecule has 0 aliphatic heterocycles. The summed E-state index contributed by atoms with van der Waals surface area (Å²) in [5.74, 6) is -0.773. The Morgan fingerprint density at radius 2 is 1.61 bits per heavy atom. The highest BCUT2D eigenvalue weighted by atomic mass is 32.2. The predicted molar refractivity (Wildman–Crippen MR) is 131 cm³/mol. The molecule has 180 valence electrons. The zero-order chi connectivity index (χ0) is 24.8. The van der Waals surface area contributed by atoms with E-state index in [-0.39, 0.29) is 18.5 Å². The molecule has 0 unspecified atom stereocenters. The number of aryl methyl sites for hydroxylation is 1. The lowest BCUT2D eigenvalue weighted by Crippen LogP contribution is -2.53. The maximum absolute atomic E-state index is 13.5. The largest absolute Gasteiger partial charge is 0.352 e. The quantitative estimate of drug-likeness (QED) is 0.573. The van der Waals surface area contributed by atoms with Gasteiger partial charge in [-0.25, -0.2) is 4.31 Å². The van der Waals surface area contributed by atoms with Crippen LogP contribution < -0.4 is 9.62 Å². The molecule has 2 aromatic carbocycles. The van der Waals surface area contributed by atoms with Gasteiger partial charge in [-0.1, -0.05) is 48.0 Å². The van der Waals surface area contributed by atoms with Gasteiger partial charge < -0.3 is 10.2 Å². The molecule has 2 aromatic rings. The van der Waals surface area contributed by atoms with Crippen LogP contribution in [0.3, 0.4) is 0 Å². The highest BCUT2D eigenvalue weighted by Crippen LogP contribution is 2.20. The fraction of sp³-hybridized carbons (Fsp3) is 0.417. The van der Waals surface area contributed by atoms with Crippen LogP contribution in [-0.4, -0.2) is 62.2 Å². The molecule has 0 fully saturated rings. The van der Waals surface area contributed by atoms with Gasteiger partial charge in [0, 0.05) is 26.7 Å². The summed E-state index contributed by atoms with van der Waals surface area (Å²) in [6.45, 7) is 7.04. The molecule has 9 heteroatoms. The minimum absolute atomic E-state index is 0.0918. The monoisotopic (exact) mass is 474 g/mol. The fourth-order valence-corrected chi connectivity index (χ4v) is 4.36. The second-order valence-corrected chi connectivity index (χ2v) is 10.5. The van der Waals surface area contributed by atoms with E-state index in [0.29, 0.717) is 5.69 Å². The number of hydrogen-bond acceptors (Lipinski definition) is 4. The third-order valence-corrected chi connectivity index (χ3v) is 6.92. The van der Waals surface area contributed by atoms with Gasteiger partial charge in [-0.2, -0.15) is 12.7 Å². The molecule has 1 N–H and O–H groups in total. The van der Waals surface area contributed by atoms with Crippen molar-refractivity contribution >= 4 is 27.7 Å². The fourth-order valence-electron chi connectivity index (χ4n) is 3.31. The third kappa shape index (κ3) is 7.03. The summed E-state index contributed by atoms with van der Waals surface area (Å²) in [6.07, 6.45) is 0. The number of nitrogens with zero attached hydrogens (tertiary/aromatic N) is 3. The van der Waals surface area contributed by atoms with Crippen LogP contribution in [0.1, 0.15) is 31.9 Å². The van der Waals surface area contributed by atoms with Crippen molar-refractivity contribution in [2.75, 3.05) is 24.9 Å². The number of para-hydroxylation sites is 1. The molecule has 8 nitrogen and oxygen atoms in total. The standard InChI is InChI=1S/C24H34N4O4S/c1-18(2)25-24(30)20(4)27(16-21-12-10-11-19(3)15-21)23(29)17-28(33(31,32)26(5)6)22-13-8-7-9-14-22/h7-15,18,20H,16-17H2,1-6H3,(H,25,30)/t20-/m0/s1. The van der Waals surface area contributed by atoms with E-state index >= 15 is 0 Å². The molecule has 2 rings (SSSR count). The number of hydrogen-bond donors (Lipinski definition) is 1. The van der Waals surface area contributed by atoms with Gasteiger partial charge in [0.25, 0.3) is 0 Å². The van der Waals surface area contributed by atoms with Gasteiger partial charge >= 0.3 is 10.2 Å². The maximum Gasteiger partial charge on any atom is 0.304 e.